The van der Waals surface area contributed by atoms with Crippen LogP contribution in [0.2, 0.25) is 0 Å². The minimum atomic E-state index is -2.31. The Labute approximate surface area is 339 Å². The minimum absolute atomic E-state index is 0.0982. The van der Waals surface area contributed by atoms with Crippen molar-refractivity contribution in [2.45, 2.75) is 99.5 Å². The third-order valence-electron chi connectivity index (χ3n) is 15.2. The molecule has 3 fully saturated rings. The Bertz CT molecular complexity index is 2220. The highest BCUT2D eigenvalue weighted by Crippen LogP contribution is 2.67. The molecule has 1 unspecified atom stereocenters. The number of para-hydroxylation sites is 1. The minimum Gasteiger partial charge on any atom is -0.496 e. The average molecular weight is 797 g/mol. The SMILES string of the molecule is CC[C@]1(O)C[C@H]2CN(CCc3c([nH]c4ccccc34)[C@](C(=O)OC)(c3cc4c(cc3OC)N[C@@H]3[C@](O)(C(=O)OC)[C@H](OC(C)=O)[C@]5(CC)C=CCN6CC[C@@]43[C@@H]65)C2)C1. The van der Waals surface area contributed by atoms with E-state index < -0.39 is 57.5 Å². The standard InChI is InChI=1S/C45H56N4O9/c1-7-41(53)22-27-23-44(39(51)56-5,35-29(14-18-48(24-27)25-41)28-12-9-10-13-32(28)46-35)31-20-30-33(21-34(31)55-4)47-36-43(30)16-19-49-17-11-15-42(8-2,37(43)49)38(58-26(3)50)45(36,54)40(52)57-6/h9-13,15,20-21,27,36-38,46-47,53-54H,7-8,14,16-19,22-25H2,1-6H3/t27-,36+,37+,38-,41+,42-,43-,44-,45-/m1/s1. The van der Waals surface area contributed by atoms with E-state index in [9.17, 15) is 19.8 Å². The Hall–Kier alpha value is -4.43. The van der Waals surface area contributed by atoms with Crippen molar-refractivity contribution in [1.29, 1.82) is 0 Å². The largest absolute Gasteiger partial charge is 0.496 e. The number of anilines is 1. The van der Waals surface area contributed by atoms with Crippen molar-refractivity contribution in [1.82, 2.24) is 14.8 Å². The van der Waals surface area contributed by atoms with Crippen LogP contribution < -0.4 is 10.1 Å². The number of carbonyl (C=O) groups excluding carboxylic acids is 3. The second-order valence-corrected chi connectivity index (χ2v) is 17.8. The number of nitrogens with one attached hydrogen (secondary N) is 2. The molecule has 0 amide bonds. The summed E-state index contributed by atoms with van der Waals surface area (Å²) in [6, 6.07) is 10.8. The fourth-order valence-electron chi connectivity index (χ4n) is 13.0. The van der Waals surface area contributed by atoms with Gasteiger partial charge in [-0.15, -0.1) is 0 Å². The van der Waals surface area contributed by atoms with E-state index in [1.165, 1.54) is 21.1 Å². The van der Waals surface area contributed by atoms with Crippen LogP contribution in [0.4, 0.5) is 5.69 Å². The molecule has 3 aromatic rings. The lowest BCUT2D eigenvalue weighted by molar-refractivity contribution is -0.226. The molecule has 4 N–H and O–H groups in total. The fourth-order valence-corrected chi connectivity index (χ4v) is 13.0. The second-order valence-electron chi connectivity index (χ2n) is 17.8. The van der Waals surface area contributed by atoms with E-state index in [2.05, 4.69) is 32.2 Å². The van der Waals surface area contributed by atoms with Gasteiger partial charge in [0.05, 0.1) is 33.0 Å². The van der Waals surface area contributed by atoms with E-state index in [-0.39, 0.29) is 12.0 Å². The van der Waals surface area contributed by atoms with Crippen molar-refractivity contribution in [2.24, 2.45) is 11.3 Å². The number of piperidine rings is 1. The first-order chi connectivity index (χ1) is 27.8. The summed E-state index contributed by atoms with van der Waals surface area (Å²) in [5.74, 6) is -1.61. The molecule has 6 heterocycles. The van der Waals surface area contributed by atoms with Gasteiger partial charge in [-0.05, 0) is 74.2 Å². The Morgan fingerprint density at radius 1 is 0.966 bits per heavy atom. The summed E-state index contributed by atoms with van der Waals surface area (Å²) in [4.78, 5) is 50.9. The van der Waals surface area contributed by atoms with Crippen LogP contribution in [0.25, 0.3) is 10.9 Å². The smallest absolute Gasteiger partial charge is 0.344 e. The van der Waals surface area contributed by atoms with Gasteiger partial charge < -0.3 is 39.5 Å². The number of aromatic amines is 1. The third-order valence-corrected chi connectivity index (χ3v) is 15.2. The van der Waals surface area contributed by atoms with Gasteiger partial charge in [-0.25, -0.2) is 4.79 Å². The monoisotopic (exact) mass is 796 g/mol. The molecule has 58 heavy (non-hydrogen) atoms. The van der Waals surface area contributed by atoms with Crippen LogP contribution in [0.15, 0.2) is 48.6 Å². The number of esters is 3. The highest BCUT2D eigenvalue weighted by atomic mass is 16.6. The summed E-state index contributed by atoms with van der Waals surface area (Å²) in [5, 5.41) is 29.7. The van der Waals surface area contributed by atoms with E-state index in [1.54, 1.807) is 7.11 Å². The lowest BCUT2D eigenvalue weighted by Crippen LogP contribution is -2.80. The van der Waals surface area contributed by atoms with Crippen molar-refractivity contribution in [3.8, 4) is 5.75 Å². The van der Waals surface area contributed by atoms with Crippen LogP contribution in [0.5, 0.6) is 5.75 Å². The van der Waals surface area contributed by atoms with E-state index in [1.807, 2.05) is 50.3 Å². The van der Waals surface area contributed by atoms with Crippen LogP contribution in [0.3, 0.4) is 0 Å². The zero-order chi connectivity index (χ0) is 41.0. The van der Waals surface area contributed by atoms with Gasteiger partial charge in [-0.2, -0.15) is 0 Å². The van der Waals surface area contributed by atoms with Crippen molar-refractivity contribution >= 4 is 34.5 Å². The molecule has 13 nitrogen and oxygen atoms in total. The number of fused-ring (bicyclic) bond motifs is 6. The molecule has 0 radical (unpaired) electrons. The Balaban J connectivity index is 1.34. The van der Waals surface area contributed by atoms with Gasteiger partial charge in [0.1, 0.15) is 11.2 Å². The zero-order valence-corrected chi connectivity index (χ0v) is 34.4. The Morgan fingerprint density at radius 3 is 2.45 bits per heavy atom. The first kappa shape index (κ1) is 39.1. The predicted molar refractivity (Wildman–Crippen MR) is 216 cm³/mol. The Kier molecular flexibility index (Phi) is 9.12. The molecule has 2 saturated heterocycles. The van der Waals surface area contributed by atoms with Crippen LogP contribution in [-0.4, -0.2) is 126 Å². The maximum Gasteiger partial charge on any atom is 0.344 e. The molecular formula is C45H56N4O9. The number of methoxy groups -OCH3 is 3. The molecule has 1 saturated carbocycles. The number of nitrogens with zero attached hydrogens (tertiary/aromatic N) is 2. The molecule has 13 heteroatoms. The van der Waals surface area contributed by atoms with Crippen LogP contribution >= 0.6 is 0 Å². The van der Waals surface area contributed by atoms with E-state index >= 15 is 4.79 Å². The van der Waals surface area contributed by atoms with Crippen molar-refractivity contribution in [3.63, 3.8) is 0 Å². The topological polar surface area (TPSA) is 163 Å². The van der Waals surface area contributed by atoms with Crippen molar-refractivity contribution < 1.29 is 43.5 Å². The zero-order valence-electron chi connectivity index (χ0n) is 34.4. The van der Waals surface area contributed by atoms with Crippen LogP contribution in [0, 0.1) is 11.3 Å². The lowest BCUT2D eigenvalue weighted by atomic mass is 9.47. The van der Waals surface area contributed by atoms with Gasteiger partial charge >= 0.3 is 17.9 Å². The predicted octanol–water partition coefficient (Wildman–Crippen LogP) is 3.97. The fraction of sp³-hybridized carbons (Fsp3) is 0.578. The summed E-state index contributed by atoms with van der Waals surface area (Å²) < 4.78 is 23.7. The third kappa shape index (κ3) is 5.05. The molecule has 10 atom stereocenters. The first-order valence-corrected chi connectivity index (χ1v) is 20.8. The summed E-state index contributed by atoms with van der Waals surface area (Å²) in [7, 11) is 4.25. The molecule has 1 spiro atoms. The van der Waals surface area contributed by atoms with Crippen LogP contribution in [0.1, 0.15) is 75.3 Å². The number of ether oxygens (including phenoxy) is 4. The van der Waals surface area contributed by atoms with E-state index in [4.69, 9.17) is 18.9 Å². The maximum atomic E-state index is 15.3. The molecule has 2 aromatic carbocycles. The molecular weight excluding hydrogens is 741 g/mol. The summed E-state index contributed by atoms with van der Waals surface area (Å²) in [6.45, 7) is 8.59. The summed E-state index contributed by atoms with van der Waals surface area (Å²) in [5.41, 5.74) is -1.78. The van der Waals surface area contributed by atoms with E-state index in [0.717, 1.165) is 27.7 Å². The molecule has 1 aromatic heterocycles. The number of benzene rings is 2. The normalized spacial score (nSPS) is 37.2. The number of aliphatic hydroxyl groups is 2. The number of H-pyrrole nitrogens is 1. The average Bonchev–Trinajstić information content (AvgIpc) is 3.92. The van der Waals surface area contributed by atoms with Gasteiger partial charge in [0.2, 0.25) is 5.60 Å². The molecule has 310 valence electrons. The van der Waals surface area contributed by atoms with Crippen LogP contribution in [-0.2, 0) is 45.8 Å². The van der Waals surface area contributed by atoms with Gasteiger partial charge in [-0.3, -0.25) is 19.4 Å². The molecule has 2 bridgehead atoms. The summed E-state index contributed by atoms with van der Waals surface area (Å²) >= 11 is 0. The molecule has 1 aliphatic carbocycles. The van der Waals surface area contributed by atoms with Crippen molar-refractivity contribution in [3.05, 3.63) is 70.9 Å². The number of carbonyl (C=O) groups is 3. The number of hydrogen-bond donors (Lipinski definition) is 4. The van der Waals surface area contributed by atoms with Gasteiger partial charge in [-0.1, -0.05) is 44.2 Å². The number of hydrogen-bond acceptors (Lipinski definition) is 12. The van der Waals surface area contributed by atoms with Gasteiger partial charge in [0.25, 0.3) is 0 Å². The lowest BCUT2D eigenvalue weighted by Gasteiger charge is -2.62. The Morgan fingerprint density at radius 2 is 1.74 bits per heavy atom. The van der Waals surface area contributed by atoms with Gasteiger partial charge in [0.15, 0.2) is 6.10 Å². The quantitative estimate of drug-likeness (QED) is 0.155. The van der Waals surface area contributed by atoms with Gasteiger partial charge in [0, 0.05) is 83.9 Å². The van der Waals surface area contributed by atoms with E-state index in [0.29, 0.717) is 88.2 Å². The second kappa shape index (κ2) is 13.6. The summed E-state index contributed by atoms with van der Waals surface area (Å²) in [6.07, 6.45) is 5.90. The first-order valence-electron chi connectivity index (χ1n) is 20.8. The molecule has 6 aliphatic rings. The highest BCUT2D eigenvalue weighted by Gasteiger charge is 2.79. The molecule has 5 aliphatic heterocycles. The maximum absolute atomic E-state index is 15.3. The number of aromatic nitrogens is 1. The highest BCUT2D eigenvalue weighted by molar-refractivity contribution is 5.95. The van der Waals surface area contributed by atoms with Crippen molar-refractivity contribution in [2.75, 3.05) is 59.4 Å². The number of rotatable bonds is 7. The molecule has 9 rings (SSSR count).